The fourth-order valence-corrected chi connectivity index (χ4v) is 4.13. The van der Waals surface area contributed by atoms with E-state index in [-0.39, 0.29) is 16.5 Å². The first kappa shape index (κ1) is 19.9. The zero-order valence-corrected chi connectivity index (χ0v) is 16.5. The SMILES string of the molecule is CSc1ccccc1C(=O)Nc1ccc(S(=O)(=O)Nc2ccc(F)cc2)cc1. The van der Waals surface area contributed by atoms with Crippen molar-refractivity contribution in [3.63, 3.8) is 0 Å². The van der Waals surface area contributed by atoms with Crippen molar-refractivity contribution in [2.45, 2.75) is 9.79 Å². The fourth-order valence-electron chi connectivity index (χ4n) is 2.48. The lowest BCUT2D eigenvalue weighted by Crippen LogP contribution is -2.14. The van der Waals surface area contributed by atoms with Crippen LogP contribution in [0.4, 0.5) is 15.8 Å². The lowest BCUT2D eigenvalue weighted by Gasteiger charge is -2.10. The van der Waals surface area contributed by atoms with Gasteiger partial charge in [0.1, 0.15) is 5.82 Å². The van der Waals surface area contributed by atoms with Gasteiger partial charge >= 0.3 is 0 Å². The minimum Gasteiger partial charge on any atom is -0.322 e. The van der Waals surface area contributed by atoms with Gasteiger partial charge in [-0.05, 0) is 66.9 Å². The zero-order chi connectivity index (χ0) is 20.1. The van der Waals surface area contributed by atoms with Gasteiger partial charge in [-0.25, -0.2) is 12.8 Å². The first-order valence-corrected chi connectivity index (χ1v) is 10.9. The van der Waals surface area contributed by atoms with E-state index in [0.717, 1.165) is 4.90 Å². The Morgan fingerprint density at radius 2 is 1.50 bits per heavy atom. The average Bonchev–Trinajstić information content (AvgIpc) is 2.70. The van der Waals surface area contributed by atoms with E-state index in [4.69, 9.17) is 0 Å². The molecule has 0 aromatic heterocycles. The average molecular weight is 416 g/mol. The largest absolute Gasteiger partial charge is 0.322 e. The van der Waals surface area contributed by atoms with E-state index in [9.17, 15) is 17.6 Å². The molecular formula is C20H17FN2O3S2. The summed E-state index contributed by atoms with van der Waals surface area (Å²) in [5, 5.41) is 2.76. The molecule has 1 amide bonds. The number of carbonyl (C=O) groups is 1. The summed E-state index contributed by atoms with van der Waals surface area (Å²) in [7, 11) is -3.82. The molecule has 0 spiro atoms. The summed E-state index contributed by atoms with van der Waals surface area (Å²) in [4.78, 5) is 13.3. The van der Waals surface area contributed by atoms with Crippen LogP contribution in [0, 0.1) is 5.82 Å². The summed E-state index contributed by atoms with van der Waals surface area (Å²) >= 11 is 1.47. The lowest BCUT2D eigenvalue weighted by molar-refractivity contribution is 0.102. The minimum atomic E-state index is -3.82. The first-order chi connectivity index (χ1) is 13.4. The molecule has 0 aliphatic heterocycles. The number of thioether (sulfide) groups is 1. The summed E-state index contributed by atoms with van der Waals surface area (Å²) in [5.74, 6) is -0.726. The Kier molecular flexibility index (Phi) is 6.01. The smallest absolute Gasteiger partial charge is 0.261 e. The third-order valence-corrected chi connectivity index (χ3v) is 6.06. The van der Waals surface area contributed by atoms with Crippen LogP contribution >= 0.6 is 11.8 Å². The fraction of sp³-hybridized carbons (Fsp3) is 0.0500. The molecule has 0 radical (unpaired) electrons. The number of carbonyl (C=O) groups excluding carboxylic acids is 1. The third-order valence-electron chi connectivity index (χ3n) is 3.87. The molecule has 0 fully saturated rings. The van der Waals surface area contributed by atoms with E-state index in [2.05, 4.69) is 10.0 Å². The van der Waals surface area contributed by atoms with Crippen molar-refractivity contribution in [2.75, 3.05) is 16.3 Å². The second kappa shape index (κ2) is 8.45. The van der Waals surface area contributed by atoms with E-state index in [0.29, 0.717) is 11.3 Å². The van der Waals surface area contributed by atoms with Crippen molar-refractivity contribution in [2.24, 2.45) is 0 Å². The van der Waals surface area contributed by atoms with E-state index in [1.54, 1.807) is 12.1 Å². The highest BCUT2D eigenvalue weighted by Gasteiger charge is 2.15. The molecule has 0 heterocycles. The number of benzene rings is 3. The Balaban J connectivity index is 1.74. The monoisotopic (exact) mass is 416 g/mol. The molecule has 8 heteroatoms. The van der Waals surface area contributed by atoms with Gasteiger partial charge in [-0.3, -0.25) is 9.52 Å². The van der Waals surface area contributed by atoms with Crippen LogP contribution in [0.3, 0.4) is 0 Å². The van der Waals surface area contributed by atoms with E-state index in [1.807, 2.05) is 18.4 Å². The standard InChI is InChI=1S/C20H17FN2O3S2/c1-27-19-5-3-2-4-18(19)20(24)22-15-10-12-17(13-11-15)28(25,26)23-16-8-6-14(21)7-9-16/h2-13,23H,1H3,(H,22,24). The first-order valence-electron chi connectivity index (χ1n) is 8.22. The van der Waals surface area contributed by atoms with Crippen LogP contribution < -0.4 is 10.0 Å². The summed E-state index contributed by atoms with van der Waals surface area (Å²) in [6, 6.07) is 18.0. The van der Waals surface area contributed by atoms with Gasteiger partial charge in [-0.15, -0.1) is 11.8 Å². The molecule has 0 atom stereocenters. The molecule has 0 unspecified atom stereocenters. The van der Waals surface area contributed by atoms with Crippen molar-refractivity contribution < 1.29 is 17.6 Å². The Morgan fingerprint density at radius 1 is 0.893 bits per heavy atom. The summed E-state index contributed by atoms with van der Waals surface area (Å²) < 4.78 is 40.2. The van der Waals surface area contributed by atoms with Gasteiger partial charge in [0.15, 0.2) is 0 Å². The van der Waals surface area contributed by atoms with E-state index in [1.165, 1.54) is 60.3 Å². The van der Waals surface area contributed by atoms with Crippen LogP contribution in [0.1, 0.15) is 10.4 Å². The molecule has 3 aromatic carbocycles. The van der Waals surface area contributed by atoms with Crippen LogP contribution in [0.25, 0.3) is 0 Å². The van der Waals surface area contributed by atoms with Crippen LogP contribution in [-0.4, -0.2) is 20.6 Å². The number of sulfonamides is 1. The third kappa shape index (κ3) is 4.71. The van der Waals surface area contributed by atoms with E-state index >= 15 is 0 Å². The summed E-state index contributed by atoms with van der Waals surface area (Å²) in [6.07, 6.45) is 1.89. The molecular weight excluding hydrogens is 399 g/mol. The lowest BCUT2D eigenvalue weighted by atomic mass is 10.2. The topological polar surface area (TPSA) is 75.3 Å². The maximum atomic E-state index is 12.9. The Labute approximate surface area is 167 Å². The van der Waals surface area contributed by atoms with Gasteiger partial charge in [-0.2, -0.15) is 0 Å². The molecule has 3 aromatic rings. The molecule has 0 saturated carbocycles. The number of halogens is 1. The zero-order valence-electron chi connectivity index (χ0n) is 14.8. The van der Waals surface area contributed by atoms with Gasteiger partial charge in [0.2, 0.25) is 0 Å². The Bertz CT molecular complexity index is 1080. The number of hydrogen-bond donors (Lipinski definition) is 2. The van der Waals surface area contributed by atoms with Crippen LogP contribution in [0.5, 0.6) is 0 Å². The molecule has 0 saturated heterocycles. The number of anilines is 2. The number of amides is 1. The number of nitrogens with one attached hydrogen (secondary N) is 2. The maximum Gasteiger partial charge on any atom is 0.261 e. The van der Waals surface area contributed by atoms with Gasteiger partial charge in [0.05, 0.1) is 10.5 Å². The van der Waals surface area contributed by atoms with E-state index < -0.39 is 15.8 Å². The highest BCUT2D eigenvalue weighted by atomic mass is 32.2. The van der Waals surface area contributed by atoms with Crippen molar-refractivity contribution >= 4 is 39.1 Å². The van der Waals surface area contributed by atoms with Crippen molar-refractivity contribution in [3.8, 4) is 0 Å². The summed E-state index contributed by atoms with van der Waals surface area (Å²) in [5.41, 5.74) is 1.28. The van der Waals surface area contributed by atoms with Crippen LogP contribution in [0.15, 0.2) is 82.6 Å². The van der Waals surface area contributed by atoms with Crippen molar-refractivity contribution in [3.05, 3.63) is 84.2 Å². The quantitative estimate of drug-likeness (QED) is 0.576. The van der Waals surface area contributed by atoms with Crippen LogP contribution in [0.2, 0.25) is 0 Å². The predicted octanol–water partition coefficient (Wildman–Crippen LogP) is 4.60. The number of hydrogen-bond acceptors (Lipinski definition) is 4. The second-order valence-corrected chi connectivity index (χ2v) is 8.32. The molecule has 144 valence electrons. The molecule has 28 heavy (non-hydrogen) atoms. The van der Waals surface area contributed by atoms with Crippen molar-refractivity contribution in [1.29, 1.82) is 0 Å². The molecule has 2 N–H and O–H groups in total. The van der Waals surface area contributed by atoms with Crippen LogP contribution in [-0.2, 0) is 10.0 Å². The Morgan fingerprint density at radius 3 is 2.14 bits per heavy atom. The highest BCUT2D eigenvalue weighted by Crippen LogP contribution is 2.22. The minimum absolute atomic E-state index is 0.0272. The second-order valence-electron chi connectivity index (χ2n) is 5.79. The number of rotatable bonds is 6. The molecule has 0 aliphatic carbocycles. The summed E-state index contributed by atoms with van der Waals surface area (Å²) in [6.45, 7) is 0. The highest BCUT2D eigenvalue weighted by molar-refractivity contribution is 7.98. The van der Waals surface area contributed by atoms with Gasteiger partial charge in [-0.1, -0.05) is 12.1 Å². The van der Waals surface area contributed by atoms with Gasteiger partial charge in [0, 0.05) is 16.3 Å². The molecule has 3 rings (SSSR count). The molecule has 5 nitrogen and oxygen atoms in total. The van der Waals surface area contributed by atoms with Gasteiger partial charge < -0.3 is 5.32 Å². The van der Waals surface area contributed by atoms with Crippen molar-refractivity contribution in [1.82, 2.24) is 0 Å². The molecule has 0 bridgehead atoms. The van der Waals surface area contributed by atoms with Gasteiger partial charge in [0.25, 0.3) is 15.9 Å². The predicted molar refractivity (Wildman–Crippen MR) is 110 cm³/mol. The molecule has 0 aliphatic rings. The Hall–Kier alpha value is -2.84. The maximum absolute atomic E-state index is 12.9. The normalized spacial score (nSPS) is 11.1.